The quantitative estimate of drug-likeness (QED) is 0.293. The Bertz CT molecular complexity index is 520. The van der Waals surface area contributed by atoms with Crippen molar-refractivity contribution in [1.29, 1.82) is 0 Å². The maximum absolute atomic E-state index is 11.9. The van der Waals surface area contributed by atoms with Gasteiger partial charge in [0.25, 0.3) is 0 Å². The topological polar surface area (TPSA) is 89.6 Å². The molecule has 0 bridgehead atoms. The SMILES string of the molecule is CCO/C=C(\C(C)=O)C(=O)O.Nc1ccc(C(F)(F)F)cc1. The Morgan fingerprint density at radius 3 is 2.09 bits per heavy atom. The highest BCUT2D eigenvalue weighted by molar-refractivity contribution is 6.15. The van der Waals surface area contributed by atoms with Crippen molar-refractivity contribution in [2.24, 2.45) is 0 Å². The summed E-state index contributed by atoms with van der Waals surface area (Å²) >= 11 is 0. The largest absolute Gasteiger partial charge is 0.500 e. The smallest absolute Gasteiger partial charge is 0.416 e. The van der Waals surface area contributed by atoms with E-state index in [1.54, 1.807) is 6.92 Å². The van der Waals surface area contributed by atoms with E-state index in [0.717, 1.165) is 18.4 Å². The van der Waals surface area contributed by atoms with Crippen molar-refractivity contribution in [3.63, 3.8) is 0 Å². The molecule has 0 spiro atoms. The molecule has 0 atom stereocenters. The number of halogens is 3. The van der Waals surface area contributed by atoms with E-state index >= 15 is 0 Å². The lowest BCUT2D eigenvalue weighted by atomic mass is 10.2. The first-order valence-electron chi connectivity index (χ1n) is 6.08. The molecule has 122 valence electrons. The predicted molar refractivity (Wildman–Crippen MR) is 73.9 cm³/mol. The lowest BCUT2D eigenvalue weighted by Gasteiger charge is -2.05. The van der Waals surface area contributed by atoms with Crippen LogP contribution >= 0.6 is 0 Å². The van der Waals surface area contributed by atoms with E-state index < -0.39 is 23.5 Å². The number of Topliss-reactive ketones (excluding diaryl/α,β-unsaturated/α-hetero) is 1. The summed E-state index contributed by atoms with van der Waals surface area (Å²) in [5, 5.41) is 8.40. The summed E-state index contributed by atoms with van der Waals surface area (Å²) in [6, 6.07) is 4.36. The van der Waals surface area contributed by atoms with Gasteiger partial charge in [-0.1, -0.05) is 0 Å². The third-order valence-electron chi connectivity index (χ3n) is 2.22. The second kappa shape index (κ2) is 8.71. The van der Waals surface area contributed by atoms with Crippen molar-refractivity contribution < 1.29 is 32.6 Å². The second-order valence-electron chi connectivity index (χ2n) is 3.97. The Balaban J connectivity index is 0.000000401. The number of alkyl halides is 3. The summed E-state index contributed by atoms with van der Waals surface area (Å²) in [5.41, 5.74) is 4.53. The lowest BCUT2D eigenvalue weighted by Crippen LogP contribution is -2.09. The Hall–Kier alpha value is -2.51. The third kappa shape index (κ3) is 7.32. The number of nitrogen functional groups attached to an aromatic ring is 1. The normalized spacial score (nSPS) is 11.2. The summed E-state index contributed by atoms with van der Waals surface area (Å²) in [7, 11) is 0. The number of aliphatic carboxylic acids is 1. The molecule has 0 amide bonds. The van der Waals surface area contributed by atoms with Crippen LogP contribution in [0, 0.1) is 0 Å². The number of benzene rings is 1. The first-order chi connectivity index (χ1) is 10.1. The van der Waals surface area contributed by atoms with Gasteiger partial charge < -0.3 is 15.6 Å². The summed E-state index contributed by atoms with van der Waals surface area (Å²) in [5.74, 6) is -1.77. The number of carbonyl (C=O) groups is 2. The van der Waals surface area contributed by atoms with Gasteiger partial charge in [-0.15, -0.1) is 0 Å². The Morgan fingerprint density at radius 1 is 1.27 bits per heavy atom. The number of ether oxygens (including phenoxy) is 1. The van der Waals surface area contributed by atoms with Crippen LogP contribution in [0.2, 0.25) is 0 Å². The van der Waals surface area contributed by atoms with Crippen molar-refractivity contribution >= 4 is 17.4 Å². The molecule has 0 aromatic heterocycles. The Labute approximate surface area is 125 Å². The van der Waals surface area contributed by atoms with E-state index in [2.05, 4.69) is 4.74 Å². The number of nitrogens with two attached hydrogens (primary N) is 1. The van der Waals surface area contributed by atoms with Gasteiger partial charge in [0.15, 0.2) is 5.78 Å². The molecule has 5 nitrogen and oxygen atoms in total. The third-order valence-corrected chi connectivity index (χ3v) is 2.22. The number of hydrogen-bond donors (Lipinski definition) is 2. The number of carbonyl (C=O) groups excluding carboxylic acids is 1. The zero-order valence-electron chi connectivity index (χ0n) is 12.0. The van der Waals surface area contributed by atoms with Gasteiger partial charge in [-0.25, -0.2) is 4.79 Å². The first-order valence-corrected chi connectivity index (χ1v) is 6.08. The predicted octanol–water partition coefficient (Wildman–Crippen LogP) is 2.87. The molecule has 0 unspecified atom stereocenters. The molecule has 8 heteroatoms. The highest BCUT2D eigenvalue weighted by atomic mass is 19.4. The van der Waals surface area contributed by atoms with Crippen LogP contribution in [0.5, 0.6) is 0 Å². The molecular weight excluding hydrogens is 303 g/mol. The molecular formula is C14H16F3NO4. The second-order valence-corrected chi connectivity index (χ2v) is 3.97. The molecule has 1 aromatic carbocycles. The zero-order chi connectivity index (χ0) is 17.3. The van der Waals surface area contributed by atoms with Gasteiger partial charge in [0.05, 0.1) is 12.2 Å². The highest BCUT2D eigenvalue weighted by Gasteiger charge is 2.29. The fourth-order valence-corrected chi connectivity index (χ4v) is 1.12. The van der Waals surface area contributed by atoms with E-state index in [4.69, 9.17) is 10.8 Å². The molecule has 1 rings (SSSR count). The number of ketones is 1. The van der Waals surface area contributed by atoms with Gasteiger partial charge in [0, 0.05) is 5.69 Å². The molecule has 0 aliphatic heterocycles. The van der Waals surface area contributed by atoms with Gasteiger partial charge >= 0.3 is 12.1 Å². The standard InChI is InChI=1S/C7H6F3N.C7H10O4/c8-7(9,10)5-1-3-6(11)4-2-5;1-3-11-4-6(5(2)8)7(9)10/h1-4H,11H2;4H,3H2,1-2H3,(H,9,10)/b;6-4+. The molecule has 3 N–H and O–H groups in total. The Morgan fingerprint density at radius 2 is 1.77 bits per heavy atom. The van der Waals surface area contributed by atoms with Crippen LogP contribution in [0.1, 0.15) is 19.4 Å². The van der Waals surface area contributed by atoms with Crippen LogP contribution in [-0.2, 0) is 20.5 Å². The summed E-state index contributed by atoms with van der Waals surface area (Å²) in [6.07, 6.45) is -3.31. The molecule has 1 aromatic rings. The van der Waals surface area contributed by atoms with Gasteiger partial charge in [0.2, 0.25) is 0 Å². The maximum Gasteiger partial charge on any atom is 0.416 e. The van der Waals surface area contributed by atoms with Gasteiger partial charge in [-0.2, -0.15) is 13.2 Å². The maximum atomic E-state index is 11.9. The van der Waals surface area contributed by atoms with Gasteiger partial charge in [-0.05, 0) is 38.1 Å². The van der Waals surface area contributed by atoms with E-state index in [9.17, 15) is 22.8 Å². The summed E-state index contributed by atoms with van der Waals surface area (Å²) in [4.78, 5) is 20.8. The first kappa shape index (κ1) is 19.5. The fraction of sp³-hybridized carbons (Fsp3) is 0.286. The Kier molecular flexibility index (Phi) is 7.71. The molecule has 0 aliphatic carbocycles. The molecule has 0 radical (unpaired) electrons. The van der Waals surface area contributed by atoms with Crippen LogP contribution in [0.25, 0.3) is 0 Å². The van der Waals surface area contributed by atoms with E-state index in [-0.39, 0.29) is 5.57 Å². The van der Waals surface area contributed by atoms with Crippen molar-refractivity contribution in [2.75, 3.05) is 12.3 Å². The number of hydrogen-bond acceptors (Lipinski definition) is 4. The minimum absolute atomic E-state index is 0.327. The molecule has 0 aliphatic rings. The zero-order valence-corrected chi connectivity index (χ0v) is 12.0. The van der Waals surface area contributed by atoms with Crippen molar-refractivity contribution in [3.05, 3.63) is 41.7 Å². The number of carboxylic acid groups (broad SMARTS) is 1. The molecule has 0 saturated carbocycles. The minimum Gasteiger partial charge on any atom is -0.500 e. The van der Waals surface area contributed by atoms with Crippen LogP contribution in [-0.4, -0.2) is 23.5 Å². The number of anilines is 1. The molecule has 0 fully saturated rings. The van der Waals surface area contributed by atoms with Crippen LogP contribution in [0.3, 0.4) is 0 Å². The minimum atomic E-state index is -4.27. The van der Waals surface area contributed by atoms with Crippen molar-refractivity contribution in [2.45, 2.75) is 20.0 Å². The molecule has 0 heterocycles. The monoisotopic (exact) mass is 319 g/mol. The van der Waals surface area contributed by atoms with E-state index in [1.807, 2.05) is 0 Å². The summed E-state index contributed by atoms with van der Waals surface area (Å²) < 4.78 is 40.3. The van der Waals surface area contributed by atoms with Crippen molar-refractivity contribution in [1.82, 2.24) is 0 Å². The number of rotatable bonds is 4. The lowest BCUT2D eigenvalue weighted by molar-refractivity contribution is -0.138. The van der Waals surface area contributed by atoms with Crippen LogP contribution in [0.4, 0.5) is 18.9 Å². The summed E-state index contributed by atoms with van der Waals surface area (Å²) in [6.45, 7) is 3.24. The number of carboxylic acids is 1. The average Bonchev–Trinajstić information content (AvgIpc) is 2.38. The van der Waals surface area contributed by atoms with Gasteiger partial charge in [0.1, 0.15) is 11.8 Å². The van der Waals surface area contributed by atoms with Crippen LogP contribution < -0.4 is 5.73 Å². The van der Waals surface area contributed by atoms with E-state index in [0.29, 0.717) is 12.3 Å². The molecule has 22 heavy (non-hydrogen) atoms. The van der Waals surface area contributed by atoms with Crippen molar-refractivity contribution in [3.8, 4) is 0 Å². The van der Waals surface area contributed by atoms with E-state index in [1.165, 1.54) is 19.1 Å². The van der Waals surface area contributed by atoms with Gasteiger partial charge in [-0.3, -0.25) is 4.79 Å². The van der Waals surface area contributed by atoms with Crippen LogP contribution in [0.15, 0.2) is 36.1 Å². The molecule has 0 saturated heterocycles. The average molecular weight is 319 g/mol. The highest BCUT2D eigenvalue weighted by Crippen LogP contribution is 2.29. The fourth-order valence-electron chi connectivity index (χ4n) is 1.12.